The largest absolute Gasteiger partial charge is 0.756 e. The van der Waals surface area contributed by atoms with E-state index in [9.17, 15) is 24.0 Å². The van der Waals surface area contributed by atoms with Gasteiger partial charge in [-0.1, -0.05) is 0 Å². The number of rotatable bonds is 5. The number of carbonyl (C=O) groups excluding carboxylic acids is 3. The molecule has 11 heteroatoms. The molecule has 10 nitrogen and oxygen atoms in total. The lowest BCUT2D eigenvalue weighted by atomic mass is 10.0. The summed E-state index contributed by atoms with van der Waals surface area (Å²) in [6.45, 7) is 2.72. The quantitative estimate of drug-likeness (QED) is 0.665. The van der Waals surface area contributed by atoms with E-state index in [-0.39, 0.29) is 35.9 Å². The van der Waals surface area contributed by atoms with Gasteiger partial charge in [0.05, 0.1) is 17.9 Å². The Balaban J connectivity index is 1.40. The Morgan fingerprint density at radius 3 is 2.48 bits per heavy atom. The average Bonchev–Trinajstić information content (AvgIpc) is 3.40. The van der Waals surface area contributed by atoms with Crippen LogP contribution in [0.5, 0.6) is 0 Å². The van der Waals surface area contributed by atoms with E-state index in [0.29, 0.717) is 37.6 Å². The van der Waals surface area contributed by atoms with Gasteiger partial charge in [0.1, 0.15) is 18.5 Å². The van der Waals surface area contributed by atoms with Crippen molar-refractivity contribution in [1.82, 2.24) is 9.96 Å². The third-order valence-corrected chi connectivity index (χ3v) is 6.15. The molecule has 0 aromatic heterocycles. The molecule has 168 valence electrons. The summed E-state index contributed by atoms with van der Waals surface area (Å²) in [6, 6.07) is 4.49. The number of cyclic esters (lactones) is 1. The lowest BCUT2D eigenvalue weighted by molar-refractivity contribution is -0.133. The topological polar surface area (TPSA) is 117 Å². The molecule has 31 heavy (non-hydrogen) atoms. The molecule has 3 aliphatic rings. The van der Waals surface area contributed by atoms with Gasteiger partial charge < -0.3 is 29.9 Å². The van der Waals surface area contributed by atoms with E-state index in [1.165, 1.54) is 11.0 Å². The Morgan fingerprint density at radius 2 is 1.90 bits per heavy atom. The second-order valence-corrected chi connectivity index (χ2v) is 8.21. The number of halogens is 1. The third kappa shape index (κ3) is 4.15. The number of amides is 3. The summed E-state index contributed by atoms with van der Waals surface area (Å²) in [5, 5.41) is 20.8. The zero-order valence-corrected chi connectivity index (χ0v) is 17.1. The van der Waals surface area contributed by atoms with E-state index < -0.39 is 30.5 Å². The molecule has 3 heterocycles. The number of aliphatic hydroxyl groups excluding tert-OH is 1. The number of aliphatic hydroxyl groups is 1. The molecule has 2 unspecified atom stereocenters. The number of likely N-dealkylation sites (tertiary alicyclic amines) is 1. The minimum Gasteiger partial charge on any atom is -0.756 e. The first-order valence-corrected chi connectivity index (χ1v) is 10.1. The van der Waals surface area contributed by atoms with E-state index in [4.69, 9.17) is 9.84 Å². The number of carbonyl (C=O) groups is 3. The first-order valence-electron chi connectivity index (χ1n) is 10.1. The van der Waals surface area contributed by atoms with Crippen LogP contribution in [0.4, 0.5) is 20.6 Å². The van der Waals surface area contributed by atoms with Crippen molar-refractivity contribution in [3.05, 3.63) is 29.2 Å². The molecule has 0 aliphatic carbocycles. The van der Waals surface area contributed by atoms with E-state index in [1.807, 2.05) is 4.90 Å². The van der Waals surface area contributed by atoms with Crippen molar-refractivity contribution < 1.29 is 28.6 Å². The molecule has 1 N–H and O–H groups in total. The predicted octanol–water partition coefficient (Wildman–Crippen LogP) is 0.384. The minimum absolute atomic E-state index is 0.0478. The molecule has 1 aromatic rings. The Kier molecular flexibility index (Phi) is 5.71. The van der Waals surface area contributed by atoms with Crippen molar-refractivity contribution in [2.75, 3.05) is 55.7 Å². The van der Waals surface area contributed by atoms with Crippen molar-refractivity contribution in [3.8, 4) is 0 Å². The van der Waals surface area contributed by atoms with Gasteiger partial charge in [-0.2, -0.15) is 0 Å². The fourth-order valence-corrected chi connectivity index (χ4v) is 4.55. The van der Waals surface area contributed by atoms with Gasteiger partial charge in [0, 0.05) is 51.5 Å². The predicted molar refractivity (Wildman–Crippen MR) is 108 cm³/mol. The zero-order valence-electron chi connectivity index (χ0n) is 17.1. The van der Waals surface area contributed by atoms with E-state index in [1.54, 1.807) is 17.0 Å². The molecule has 3 atom stereocenters. The molecular formula is C20H24FN4O6-. The lowest BCUT2D eigenvalue weighted by Crippen LogP contribution is -2.35. The highest BCUT2D eigenvalue weighted by atomic mass is 19.1. The van der Waals surface area contributed by atoms with Crippen LogP contribution in [0.15, 0.2) is 18.2 Å². The van der Waals surface area contributed by atoms with Crippen molar-refractivity contribution >= 4 is 29.3 Å². The van der Waals surface area contributed by atoms with Gasteiger partial charge in [-0.05, 0) is 18.2 Å². The summed E-state index contributed by atoms with van der Waals surface area (Å²) >= 11 is 0. The Hall–Kier alpha value is -2.92. The Morgan fingerprint density at radius 1 is 1.23 bits per heavy atom. The van der Waals surface area contributed by atoms with Crippen molar-refractivity contribution in [2.45, 2.75) is 13.0 Å². The van der Waals surface area contributed by atoms with Crippen molar-refractivity contribution in [1.29, 1.82) is 0 Å². The highest BCUT2D eigenvalue weighted by Gasteiger charge is 2.42. The maximum Gasteiger partial charge on any atom is 0.414 e. The number of ether oxygens (including phenoxy) is 1. The Labute approximate surface area is 178 Å². The Bertz CT molecular complexity index is 884. The van der Waals surface area contributed by atoms with Crippen LogP contribution in [-0.4, -0.2) is 85.0 Å². The van der Waals surface area contributed by atoms with E-state index in [2.05, 4.69) is 0 Å². The first kappa shape index (κ1) is 21.3. The maximum absolute atomic E-state index is 14.9. The number of anilines is 2. The van der Waals surface area contributed by atoms with Crippen LogP contribution < -0.4 is 9.80 Å². The van der Waals surface area contributed by atoms with Crippen LogP contribution in [0.1, 0.15) is 6.92 Å². The molecule has 1 aromatic carbocycles. The molecule has 0 radical (unpaired) electrons. The summed E-state index contributed by atoms with van der Waals surface area (Å²) in [4.78, 5) is 39.7. The van der Waals surface area contributed by atoms with Crippen LogP contribution in [0.2, 0.25) is 0 Å². The molecule has 3 saturated heterocycles. The second-order valence-electron chi connectivity index (χ2n) is 8.21. The highest BCUT2D eigenvalue weighted by molar-refractivity contribution is 5.90. The molecule has 3 amide bonds. The smallest absolute Gasteiger partial charge is 0.414 e. The SMILES string of the molecule is CC(=O)N([O-])CC1CN(c2ccc(N3CC4CN(C(=O)CO)C[C@@H]4C3)c(F)c2)C(=O)O1. The number of hydrogen-bond donors (Lipinski definition) is 1. The van der Waals surface area contributed by atoms with E-state index >= 15 is 0 Å². The fourth-order valence-electron chi connectivity index (χ4n) is 4.55. The van der Waals surface area contributed by atoms with Crippen molar-refractivity contribution in [2.24, 2.45) is 11.8 Å². The number of benzene rings is 1. The molecule has 3 fully saturated rings. The summed E-state index contributed by atoms with van der Waals surface area (Å²) in [6.07, 6.45) is -1.47. The van der Waals surface area contributed by atoms with Crippen LogP contribution in [0.25, 0.3) is 0 Å². The molecular weight excluding hydrogens is 411 g/mol. The van der Waals surface area contributed by atoms with Crippen LogP contribution in [-0.2, 0) is 14.3 Å². The summed E-state index contributed by atoms with van der Waals surface area (Å²) in [7, 11) is 0. The number of hydroxylamine groups is 2. The number of fused-ring (bicyclic) bond motifs is 1. The van der Waals surface area contributed by atoms with Crippen LogP contribution >= 0.6 is 0 Å². The molecule has 0 spiro atoms. The van der Waals surface area contributed by atoms with Crippen LogP contribution in [0, 0.1) is 22.9 Å². The number of hydrogen-bond acceptors (Lipinski definition) is 7. The highest BCUT2D eigenvalue weighted by Crippen LogP contribution is 2.36. The van der Waals surface area contributed by atoms with Gasteiger partial charge >= 0.3 is 6.09 Å². The minimum atomic E-state index is -0.779. The van der Waals surface area contributed by atoms with Gasteiger partial charge in [-0.25, -0.2) is 9.18 Å². The van der Waals surface area contributed by atoms with Gasteiger partial charge in [-0.3, -0.25) is 14.5 Å². The first-order chi connectivity index (χ1) is 14.8. The summed E-state index contributed by atoms with van der Waals surface area (Å²) in [5.74, 6) is -0.994. The van der Waals surface area contributed by atoms with Gasteiger partial charge in [-0.15, -0.1) is 0 Å². The average molecular weight is 435 g/mol. The molecule has 3 aliphatic heterocycles. The number of nitrogens with zero attached hydrogens (tertiary/aromatic N) is 4. The maximum atomic E-state index is 14.9. The second kappa shape index (κ2) is 8.31. The molecule has 0 saturated carbocycles. The zero-order chi connectivity index (χ0) is 22.3. The summed E-state index contributed by atoms with van der Waals surface area (Å²) in [5.41, 5.74) is 0.734. The van der Waals surface area contributed by atoms with Gasteiger partial charge in [0.15, 0.2) is 0 Å². The van der Waals surface area contributed by atoms with Gasteiger partial charge in [0.2, 0.25) is 11.8 Å². The fraction of sp³-hybridized carbons (Fsp3) is 0.550. The standard InChI is InChI=1S/C20H24FN4O6/c1-12(27)25(30)10-16-9-24(20(29)31-16)15-2-3-18(17(21)4-15)22-5-13-7-23(19(28)11-26)8-14(13)6-22/h2-4,13-14,16,26H,5-11H2,1H3/q-1/t13-,14?,16?/m0/s1. The molecule has 4 rings (SSSR count). The van der Waals surface area contributed by atoms with E-state index in [0.717, 1.165) is 6.92 Å². The van der Waals surface area contributed by atoms with Crippen molar-refractivity contribution in [3.63, 3.8) is 0 Å². The molecule has 0 bridgehead atoms. The monoisotopic (exact) mass is 435 g/mol. The van der Waals surface area contributed by atoms with Crippen LogP contribution in [0.3, 0.4) is 0 Å². The third-order valence-electron chi connectivity index (χ3n) is 6.15. The van der Waals surface area contributed by atoms with Gasteiger partial charge in [0.25, 0.3) is 0 Å². The normalized spacial score (nSPS) is 25.1. The lowest BCUT2D eigenvalue weighted by Gasteiger charge is -2.28. The summed E-state index contributed by atoms with van der Waals surface area (Å²) < 4.78 is 20.0.